The molecule has 1 amide bonds. The highest BCUT2D eigenvalue weighted by molar-refractivity contribution is 5.94. The van der Waals surface area contributed by atoms with Gasteiger partial charge in [-0.15, -0.1) is 0 Å². The topological polar surface area (TPSA) is 77.0 Å². The van der Waals surface area contributed by atoms with Gasteiger partial charge in [0, 0.05) is 20.2 Å². The van der Waals surface area contributed by atoms with E-state index in [1.165, 1.54) is 11.8 Å². The second-order valence-electron chi connectivity index (χ2n) is 2.65. The summed E-state index contributed by atoms with van der Waals surface area (Å²) in [5, 5.41) is 9.25. The lowest BCUT2D eigenvalue weighted by Crippen LogP contribution is -2.42. The SMILES string of the molecule is CC(=O)NNC1=NC(O)N(C)C=C1. The third-order valence-electron chi connectivity index (χ3n) is 1.45. The van der Waals surface area contributed by atoms with Gasteiger partial charge in [-0.3, -0.25) is 15.6 Å². The number of amidine groups is 1. The Morgan fingerprint density at radius 2 is 2.46 bits per heavy atom. The van der Waals surface area contributed by atoms with Crippen LogP contribution < -0.4 is 10.9 Å². The number of carbonyl (C=O) groups excluding carboxylic acids is 1. The number of aliphatic imine (C=N–C) groups is 1. The predicted molar refractivity (Wildman–Crippen MR) is 47.3 cm³/mol. The smallest absolute Gasteiger partial charge is 0.235 e. The summed E-state index contributed by atoms with van der Waals surface area (Å²) in [5.74, 6) is 0.199. The minimum atomic E-state index is -0.902. The van der Waals surface area contributed by atoms with E-state index in [0.29, 0.717) is 5.84 Å². The van der Waals surface area contributed by atoms with Crippen LogP contribution in [0, 0.1) is 0 Å². The summed E-state index contributed by atoms with van der Waals surface area (Å²) in [7, 11) is 1.69. The van der Waals surface area contributed by atoms with Crippen molar-refractivity contribution in [1.82, 2.24) is 15.8 Å². The van der Waals surface area contributed by atoms with E-state index < -0.39 is 6.35 Å². The molecule has 72 valence electrons. The molecule has 1 rings (SSSR count). The molecule has 6 nitrogen and oxygen atoms in total. The molecule has 1 aliphatic heterocycles. The standard InChI is InChI=1S/C7H12N4O2/c1-5(12)9-10-6-3-4-11(2)7(13)8-6/h3-4,7,13H,1-2H3,(H,8,10)(H,9,12). The number of aliphatic hydroxyl groups excluding tert-OH is 1. The van der Waals surface area contributed by atoms with Crippen LogP contribution in [0.1, 0.15) is 6.92 Å². The van der Waals surface area contributed by atoms with E-state index in [-0.39, 0.29) is 5.91 Å². The molecule has 0 aromatic rings. The van der Waals surface area contributed by atoms with Crippen LogP contribution in [0.25, 0.3) is 0 Å². The number of hydrogen-bond donors (Lipinski definition) is 3. The Labute approximate surface area is 75.9 Å². The van der Waals surface area contributed by atoms with Crippen molar-refractivity contribution in [2.75, 3.05) is 7.05 Å². The average Bonchev–Trinajstić information content (AvgIpc) is 2.07. The molecule has 3 N–H and O–H groups in total. The number of hydrogen-bond acceptors (Lipinski definition) is 5. The van der Waals surface area contributed by atoms with Gasteiger partial charge in [-0.2, -0.15) is 0 Å². The lowest BCUT2D eigenvalue weighted by atomic mass is 10.5. The van der Waals surface area contributed by atoms with E-state index in [2.05, 4.69) is 15.8 Å². The number of nitrogens with one attached hydrogen (secondary N) is 2. The zero-order chi connectivity index (χ0) is 9.84. The highest BCUT2D eigenvalue weighted by atomic mass is 16.3. The first-order valence-electron chi connectivity index (χ1n) is 3.78. The fraction of sp³-hybridized carbons (Fsp3) is 0.429. The molecule has 0 saturated carbocycles. The summed E-state index contributed by atoms with van der Waals surface area (Å²) in [4.78, 5) is 15.9. The fourth-order valence-corrected chi connectivity index (χ4v) is 0.750. The minimum absolute atomic E-state index is 0.218. The molecule has 1 aliphatic rings. The Hall–Kier alpha value is -1.56. The number of aliphatic hydroxyl groups is 1. The van der Waals surface area contributed by atoms with Crippen LogP contribution in [0.3, 0.4) is 0 Å². The van der Waals surface area contributed by atoms with E-state index in [1.807, 2.05) is 0 Å². The first kappa shape index (κ1) is 9.53. The van der Waals surface area contributed by atoms with Crippen LogP contribution in [0.15, 0.2) is 17.3 Å². The summed E-state index contributed by atoms with van der Waals surface area (Å²) in [5.41, 5.74) is 4.90. The van der Waals surface area contributed by atoms with Gasteiger partial charge in [0.05, 0.1) is 0 Å². The third-order valence-corrected chi connectivity index (χ3v) is 1.45. The van der Waals surface area contributed by atoms with E-state index >= 15 is 0 Å². The second kappa shape index (κ2) is 3.90. The zero-order valence-corrected chi connectivity index (χ0v) is 7.48. The van der Waals surface area contributed by atoms with Crippen LogP contribution in [0.4, 0.5) is 0 Å². The summed E-state index contributed by atoms with van der Waals surface area (Å²) < 4.78 is 0. The Balaban J connectivity index is 2.48. The molecule has 1 unspecified atom stereocenters. The van der Waals surface area contributed by atoms with Crippen LogP contribution in [0.5, 0.6) is 0 Å². The molecule has 0 aliphatic carbocycles. The van der Waals surface area contributed by atoms with E-state index in [9.17, 15) is 9.90 Å². The van der Waals surface area contributed by atoms with Crippen molar-refractivity contribution < 1.29 is 9.90 Å². The molecule has 0 saturated heterocycles. The number of amides is 1. The molecule has 0 fully saturated rings. The van der Waals surface area contributed by atoms with Crippen molar-refractivity contribution in [3.8, 4) is 0 Å². The van der Waals surface area contributed by atoms with Crippen molar-refractivity contribution in [2.45, 2.75) is 13.3 Å². The maximum absolute atomic E-state index is 10.5. The third kappa shape index (κ3) is 2.75. The molecule has 13 heavy (non-hydrogen) atoms. The first-order valence-corrected chi connectivity index (χ1v) is 3.78. The molecular formula is C7H12N4O2. The van der Waals surface area contributed by atoms with Crippen LogP contribution in [0.2, 0.25) is 0 Å². The Morgan fingerprint density at radius 1 is 1.77 bits per heavy atom. The Morgan fingerprint density at radius 3 is 3.00 bits per heavy atom. The molecule has 0 aromatic carbocycles. The Bertz CT molecular complexity index is 261. The summed E-state index contributed by atoms with van der Waals surface area (Å²) in [6, 6.07) is 0. The molecule has 1 heterocycles. The van der Waals surface area contributed by atoms with Gasteiger partial charge in [0.25, 0.3) is 0 Å². The molecule has 0 spiro atoms. The lowest BCUT2D eigenvalue weighted by Gasteiger charge is -2.22. The van der Waals surface area contributed by atoms with E-state index in [0.717, 1.165) is 0 Å². The van der Waals surface area contributed by atoms with Crippen LogP contribution in [-0.2, 0) is 4.79 Å². The van der Waals surface area contributed by atoms with Gasteiger partial charge in [-0.25, -0.2) is 4.99 Å². The highest BCUT2D eigenvalue weighted by Crippen LogP contribution is 2.00. The van der Waals surface area contributed by atoms with Crippen molar-refractivity contribution in [3.05, 3.63) is 12.3 Å². The van der Waals surface area contributed by atoms with Crippen molar-refractivity contribution in [2.24, 2.45) is 4.99 Å². The lowest BCUT2D eigenvalue weighted by molar-refractivity contribution is -0.119. The molecular weight excluding hydrogens is 172 g/mol. The molecule has 6 heteroatoms. The highest BCUT2D eigenvalue weighted by Gasteiger charge is 2.10. The number of carbonyl (C=O) groups is 1. The fourth-order valence-electron chi connectivity index (χ4n) is 0.750. The maximum Gasteiger partial charge on any atom is 0.235 e. The van der Waals surface area contributed by atoms with Crippen LogP contribution in [-0.4, -0.2) is 35.1 Å². The second-order valence-corrected chi connectivity index (χ2v) is 2.65. The van der Waals surface area contributed by atoms with Gasteiger partial charge in [0.2, 0.25) is 12.3 Å². The maximum atomic E-state index is 10.5. The number of hydrazine groups is 1. The quantitative estimate of drug-likeness (QED) is 0.412. The largest absolute Gasteiger partial charge is 0.355 e. The minimum Gasteiger partial charge on any atom is -0.355 e. The monoisotopic (exact) mass is 184 g/mol. The predicted octanol–water partition coefficient (Wildman–Crippen LogP) is -1.24. The molecule has 0 bridgehead atoms. The van der Waals surface area contributed by atoms with Gasteiger partial charge in [0.15, 0.2) is 0 Å². The zero-order valence-electron chi connectivity index (χ0n) is 7.48. The average molecular weight is 184 g/mol. The van der Waals surface area contributed by atoms with Crippen molar-refractivity contribution in [3.63, 3.8) is 0 Å². The summed E-state index contributed by atoms with van der Waals surface area (Å²) in [6.45, 7) is 1.38. The number of nitrogens with zero attached hydrogens (tertiary/aromatic N) is 2. The van der Waals surface area contributed by atoms with Gasteiger partial charge >= 0.3 is 0 Å². The van der Waals surface area contributed by atoms with Crippen LogP contribution >= 0.6 is 0 Å². The first-order chi connectivity index (χ1) is 6.09. The molecule has 1 atom stereocenters. The van der Waals surface area contributed by atoms with Crippen molar-refractivity contribution in [1.29, 1.82) is 0 Å². The molecule has 0 aromatic heterocycles. The van der Waals surface area contributed by atoms with Crippen molar-refractivity contribution >= 4 is 11.7 Å². The van der Waals surface area contributed by atoms with Gasteiger partial charge in [0.1, 0.15) is 5.84 Å². The summed E-state index contributed by atoms with van der Waals surface area (Å²) in [6.07, 6.45) is 2.39. The normalized spacial score (nSPS) is 21.0. The van der Waals surface area contributed by atoms with E-state index in [1.54, 1.807) is 19.3 Å². The Kier molecular flexibility index (Phi) is 2.86. The van der Waals surface area contributed by atoms with Gasteiger partial charge < -0.3 is 10.0 Å². The van der Waals surface area contributed by atoms with Gasteiger partial charge in [-0.05, 0) is 6.08 Å². The van der Waals surface area contributed by atoms with Gasteiger partial charge in [-0.1, -0.05) is 0 Å². The molecule has 0 radical (unpaired) electrons. The summed E-state index contributed by atoms with van der Waals surface area (Å²) >= 11 is 0. The number of rotatable bonds is 0. The van der Waals surface area contributed by atoms with E-state index in [4.69, 9.17) is 0 Å².